The number of nitrogens with zero attached hydrogens (tertiary/aromatic N) is 1. The Kier molecular flexibility index (Phi) is 5.15. The molecule has 1 saturated heterocycles. The van der Waals surface area contributed by atoms with Gasteiger partial charge in [0.25, 0.3) is 0 Å². The number of rotatable bonds is 5. The molecular formula is C17H25N3O4S. The molecule has 0 aromatic heterocycles. The number of hydrogen-bond acceptors (Lipinski definition) is 5. The fourth-order valence-corrected chi connectivity index (χ4v) is 4.49. The van der Waals surface area contributed by atoms with E-state index in [0.717, 1.165) is 37.9 Å². The van der Waals surface area contributed by atoms with Crippen LogP contribution >= 0.6 is 0 Å². The zero-order valence-corrected chi connectivity index (χ0v) is 15.5. The Morgan fingerprint density at radius 2 is 2.08 bits per heavy atom. The number of amides is 1. The van der Waals surface area contributed by atoms with Gasteiger partial charge in [-0.15, -0.1) is 0 Å². The quantitative estimate of drug-likeness (QED) is 0.791. The first-order valence-electron chi connectivity index (χ1n) is 8.52. The SMILES string of the molecule is CNS(=O)(=O)c1ccc2c(c1)N(C(=O)C1(COC)CCNCC1)CC2. The lowest BCUT2D eigenvalue weighted by atomic mass is 9.78. The van der Waals surface area contributed by atoms with E-state index in [2.05, 4.69) is 10.0 Å². The molecule has 3 rings (SSSR count). The zero-order chi connectivity index (χ0) is 18.1. The van der Waals surface area contributed by atoms with Gasteiger partial charge in [-0.3, -0.25) is 4.79 Å². The highest BCUT2D eigenvalue weighted by Gasteiger charge is 2.44. The molecular weight excluding hydrogens is 342 g/mol. The number of methoxy groups -OCH3 is 1. The standard InChI is InChI=1S/C17H25N3O4S/c1-18-25(22,23)14-4-3-13-5-10-20(15(13)11-14)16(21)17(12-24-2)6-8-19-9-7-17/h3-4,11,18-19H,5-10,12H2,1-2H3. The summed E-state index contributed by atoms with van der Waals surface area (Å²) in [6, 6.07) is 5.00. The number of anilines is 1. The van der Waals surface area contributed by atoms with Crippen LogP contribution in [0.5, 0.6) is 0 Å². The van der Waals surface area contributed by atoms with Crippen molar-refractivity contribution in [3.8, 4) is 0 Å². The molecule has 0 bridgehead atoms. The van der Waals surface area contributed by atoms with E-state index in [-0.39, 0.29) is 10.8 Å². The van der Waals surface area contributed by atoms with Crippen molar-refractivity contribution in [3.63, 3.8) is 0 Å². The molecule has 1 aromatic carbocycles. The largest absolute Gasteiger partial charge is 0.384 e. The van der Waals surface area contributed by atoms with Crippen molar-refractivity contribution in [2.24, 2.45) is 5.41 Å². The summed E-state index contributed by atoms with van der Waals surface area (Å²) in [7, 11) is -0.541. The maximum atomic E-state index is 13.4. The number of fused-ring (bicyclic) bond motifs is 1. The normalized spacial score (nSPS) is 19.7. The minimum atomic E-state index is -3.54. The molecule has 2 aliphatic rings. The first-order valence-corrected chi connectivity index (χ1v) is 10.00. The molecule has 0 aliphatic carbocycles. The molecule has 2 N–H and O–H groups in total. The molecule has 0 unspecified atom stereocenters. The van der Waals surface area contributed by atoms with Crippen LogP contribution < -0.4 is 14.9 Å². The van der Waals surface area contributed by atoms with Gasteiger partial charge in [0.05, 0.1) is 16.9 Å². The monoisotopic (exact) mass is 367 g/mol. The van der Waals surface area contributed by atoms with Crippen LogP contribution in [-0.2, 0) is 26.0 Å². The predicted octanol–water partition coefficient (Wildman–Crippen LogP) is 0.500. The Hall–Kier alpha value is -1.48. The van der Waals surface area contributed by atoms with Gasteiger partial charge in [0.2, 0.25) is 15.9 Å². The van der Waals surface area contributed by atoms with Crippen LogP contribution in [0.25, 0.3) is 0 Å². The van der Waals surface area contributed by atoms with Gasteiger partial charge in [-0.1, -0.05) is 6.07 Å². The third kappa shape index (κ3) is 3.31. The van der Waals surface area contributed by atoms with Crippen molar-refractivity contribution < 1.29 is 17.9 Å². The molecule has 0 atom stereocenters. The molecule has 2 aliphatic heterocycles. The number of sulfonamides is 1. The van der Waals surface area contributed by atoms with Crippen molar-refractivity contribution in [1.82, 2.24) is 10.0 Å². The minimum absolute atomic E-state index is 0.0357. The highest BCUT2D eigenvalue weighted by molar-refractivity contribution is 7.89. The van der Waals surface area contributed by atoms with Crippen molar-refractivity contribution >= 4 is 21.6 Å². The van der Waals surface area contributed by atoms with Crippen molar-refractivity contribution in [2.75, 3.05) is 45.3 Å². The van der Waals surface area contributed by atoms with Crippen LogP contribution in [-0.4, -0.2) is 54.7 Å². The first kappa shape index (κ1) is 18.3. The van der Waals surface area contributed by atoms with Gasteiger partial charge in [-0.2, -0.15) is 0 Å². The average molecular weight is 367 g/mol. The Labute approximate surface area is 148 Å². The maximum Gasteiger partial charge on any atom is 0.240 e. The first-order chi connectivity index (χ1) is 11.9. The molecule has 0 radical (unpaired) electrons. The Balaban J connectivity index is 1.95. The molecule has 8 heteroatoms. The number of nitrogens with one attached hydrogen (secondary N) is 2. The Morgan fingerprint density at radius 3 is 2.72 bits per heavy atom. The second kappa shape index (κ2) is 7.03. The van der Waals surface area contributed by atoms with E-state index >= 15 is 0 Å². The van der Waals surface area contributed by atoms with Crippen LogP contribution in [0.2, 0.25) is 0 Å². The summed E-state index contributed by atoms with van der Waals surface area (Å²) in [5.41, 5.74) is 1.17. The molecule has 0 saturated carbocycles. The summed E-state index contributed by atoms with van der Waals surface area (Å²) >= 11 is 0. The second-order valence-corrected chi connectivity index (χ2v) is 8.55. The summed E-state index contributed by atoms with van der Waals surface area (Å²) in [6.45, 7) is 2.53. The Bertz CT molecular complexity index is 752. The average Bonchev–Trinajstić information content (AvgIpc) is 3.05. The third-order valence-corrected chi connectivity index (χ3v) is 6.62. The van der Waals surface area contributed by atoms with Gasteiger partial charge >= 0.3 is 0 Å². The molecule has 1 fully saturated rings. The molecule has 0 spiro atoms. The summed E-state index contributed by atoms with van der Waals surface area (Å²) < 4.78 is 31.9. The van der Waals surface area contributed by atoms with Gasteiger partial charge in [-0.25, -0.2) is 13.1 Å². The second-order valence-electron chi connectivity index (χ2n) is 6.67. The third-order valence-electron chi connectivity index (χ3n) is 5.21. The lowest BCUT2D eigenvalue weighted by Gasteiger charge is -2.38. The highest BCUT2D eigenvalue weighted by Crippen LogP contribution is 2.38. The summed E-state index contributed by atoms with van der Waals surface area (Å²) in [4.78, 5) is 15.3. The zero-order valence-electron chi connectivity index (χ0n) is 14.7. The van der Waals surface area contributed by atoms with Crippen molar-refractivity contribution in [1.29, 1.82) is 0 Å². The molecule has 138 valence electrons. The lowest BCUT2D eigenvalue weighted by Crippen LogP contribution is -2.51. The molecule has 1 aromatic rings. The lowest BCUT2D eigenvalue weighted by molar-refractivity contribution is -0.133. The number of carbonyl (C=O) groups excluding carboxylic acids is 1. The van der Waals surface area contributed by atoms with E-state index in [1.807, 2.05) is 0 Å². The van der Waals surface area contributed by atoms with E-state index < -0.39 is 15.4 Å². The smallest absolute Gasteiger partial charge is 0.240 e. The summed E-state index contributed by atoms with van der Waals surface area (Å²) in [5.74, 6) is 0.0357. The number of ether oxygens (including phenoxy) is 1. The molecule has 2 heterocycles. The predicted molar refractivity (Wildman–Crippen MR) is 95.2 cm³/mol. The van der Waals surface area contributed by atoms with Crippen LogP contribution in [0.3, 0.4) is 0 Å². The van der Waals surface area contributed by atoms with Crippen LogP contribution in [0, 0.1) is 5.41 Å². The van der Waals surface area contributed by atoms with Gasteiger partial charge in [0.1, 0.15) is 0 Å². The maximum absolute atomic E-state index is 13.4. The topological polar surface area (TPSA) is 87.7 Å². The number of benzene rings is 1. The Morgan fingerprint density at radius 1 is 1.36 bits per heavy atom. The fraction of sp³-hybridized carbons (Fsp3) is 0.588. The van der Waals surface area contributed by atoms with Crippen molar-refractivity contribution in [3.05, 3.63) is 23.8 Å². The van der Waals surface area contributed by atoms with Crippen molar-refractivity contribution in [2.45, 2.75) is 24.2 Å². The number of carbonyl (C=O) groups is 1. The van der Waals surface area contributed by atoms with E-state index in [0.29, 0.717) is 18.8 Å². The number of hydrogen-bond donors (Lipinski definition) is 2. The van der Waals surface area contributed by atoms with Gasteiger partial charge in [0, 0.05) is 19.3 Å². The summed E-state index contributed by atoms with van der Waals surface area (Å²) in [6.07, 6.45) is 2.18. The van der Waals surface area contributed by atoms with Crippen LogP contribution in [0.15, 0.2) is 23.1 Å². The highest BCUT2D eigenvalue weighted by atomic mass is 32.2. The minimum Gasteiger partial charge on any atom is -0.384 e. The van der Waals surface area contributed by atoms with Gasteiger partial charge in [-0.05, 0) is 57.1 Å². The fourth-order valence-electron chi connectivity index (χ4n) is 3.74. The van der Waals surface area contributed by atoms with Crippen LogP contribution in [0.4, 0.5) is 5.69 Å². The molecule has 25 heavy (non-hydrogen) atoms. The van der Waals surface area contributed by atoms with E-state index in [9.17, 15) is 13.2 Å². The van der Waals surface area contributed by atoms with Gasteiger partial charge < -0.3 is 15.0 Å². The summed E-state index contributed by atoms with van der Waals surface area (Å²) in [5, 5.41) is 3.29. The van der Waals surface area contributed by atoms with E-state index in [1.54, 1.807) is 30.2 Å². The van der Waals surface area contributed by atoms with E-state index in [4.69, 9.17) is 4.74 Å². The van der Waals surface area contributed by atoms with Crippen LogP contribution in [0.1, 0.15) is 18.4 Å². The molecule has 7 nitrogen and oxygen atoms in total. The molecule has 1 amide bonds. The number of piperidine rings is 1. The van der Waals surface area contributed by atoms with E-state index in [1.165, 1.54) is 7.05 Å². The van der Waals surface area contributed by atoms with Gasteiger partial charge in [0.15, 0.2) is 0 Å².